The molecule has 3 aromatic carbocycles. The fourth-order valence-electron chi connectivity index (χ4n) is 3.12. The summed E-state index contributed by atoms with van der Waals surface area (Å²) in [6.07, 6.45) is 0. The van der Waals surface area contributed by atoms with Gasteiger partial charge in [-0.1, -0.05) is 37.9 Å². The van der Waals surface area contributed by atoms with Crippen molar-refractivity contribution >= 4 is 28.5 Å². The molecule has 0 unspecified atom stereocenters. The van der Waals surface area contributed by atoms with E-state index in [9.17, 15) is 8.78 Å². The molecular weight excluding hydrogens is 309 g/mol. The molecule has 0 bridgehead atoms. The third-order valence-electron chi connectivity index (χ3n) is 4.34. The van der Waals surface area contributed by atoms with Crippen molar-refractivity contribution < 1.29 is 8.78 Å². The van der Waals surface area contributed by atoms with E-state index >= 15 is 0 Å². The van der Waals surface area contributed by atoms with Crippen molar-refractivity contribution in [3.63, 3.8) is 0 Å². The van der Waals surface area contributed by atoms with E-state index < -0.39 is 7.53 Å². The molecule has 0 radical (unpaired) electrons. The van der Waals surface area contributed by atoms with Gasteiger partial charge in [0.15, 0.2) is 0 Å². The molecular formula is C20H15F2P. The van der Waals surface area contributed by atoms with Crippen molar-refractivity contribution in [1.82, 2.24) is 0 Å². The molecule has 114 valence electrons. The molecule has 4 aromatic rings. The molecule has 0 saturated carbocycles. The van der Waals surface area contributed by atoms with Gasteiger partial charge in [-0.2, -0.15) is 0 Å². The van der Waals surface area contributed by atoms with Crippen LogP contribution in [0.4, 0.5) is 8.78 Å². The maximum atomic E-state index is 14.1. The normalized spacial score (nSPS) is 11.5. The van der Waals surface area contributed by atoms with Crippen LogP contribution < -0.4 is 0 Å². The maximum Gasteiger partial charge on any atom is 0.126 e. The average molecular weight is 324 g/mol. The topological polar surface area (TPSA) is 0 Å². The molecule has 1 aromatic heterocycles. The van der Waals surface area contributed by atoms with Crippen LogP contribution in [0, 0.1) is 25.5 Å². The van der Waals surface area contributed by atoms with Crippen LogP contribution in [0.2, 0.25) is 0 Å². The summed E-state index contributed by atoms with van der Waals surface area (Å²) in [5.74, 6) is -0.471. The van der Waals surface area contributed by atoms with Crippen LogP contribution in [0.3, 0.4) is 0 Å². The van der Waals surface area contributed by atoms with E-state index in [1.165, 1.54) is 5.30 Å². The summed E-state index contributed by atoms with van der Waals surface area (Å²) in [5, 5.41) is 5.10. The van der Waals surface area contributed by atoms with Gasteiger partial charge in [0.1, 0.15) is 11.6 Å². The van der Waals surface area contributed by atoms with E-state index in [-0.39, 0.29) is 11.6 Å². The van der Waals surface area contributed by atoms with Crippen LogP contribution in [0.1, 0.15) is 11.1 Å². The first kappa shape index (κ1) is 14.4. The maximum absolute atomic E-state index is 14.1. The minimum atomic E-state index is -0.762. The Bertz CT molecular complexity index is 981. The second-order valence-corrected chi connectivity index (χ2v) is 8.06. The Morgan fingerprint density at radius 3 is 1.65 bits per heavy atom. The number of hydrogen-bond acceptors (Lipinski definition) is 0. The highest BCUT2D eigenvalue weighted by atomic mass is 31.1. The summed E-state index contributed by atoms with van der Waals surface area (Å²) in [7, 11) is -0.762. The van der Waals surface area contributed by atoms with Crippen molar-refractivity contribution in [3.05, 3.63) is 77.4 Å². The fraction of sp³-hybridized carbons (Fsp3) is 0.100. The largest absolute Gasteiger partial charge is 0.207 e. The molecule has 3 heteroatoms. The van der Waals surface area contributed by atoms with Crippen LogP contribution in [0.15, 0.2) is 54.6 Å². The molecule has 0 nitrogen and oxygen atoms in total. The van der Waals surface area contributed by atoms with Gasteiger partial charge in [0.2, 0.25) is 0 Å². The zero-order chi connectivity index (χ0) is 16.1. The lowest BCUT2D eigenvalue weighted by atomic mass is 10.1. The summed E-state index contributed by atoms with van der Waals surface area (Å²) in [5.41, 5.74) is 1.27. The summed E-state index contributed by atoms with van der Waals surface area (Å²) in [6.45, 7) is 3.56. The Morgan fingerprint density at radius 2 is 1.17 bits per heavy atom. The van der Waals surface area contributed by atoms with Gasteiger partial charge in [0.05, 0.1) is 0 Å². The van der Waals surface area contributed by atoms with Crippen LogP contribution >= 0.6 is 7.53 Å². The molecule has 0 aliphatic rings. The second-order valence-electron chi connectivity index (χ2n) is 5.91. The number of fused-ring (bicyclic) bond motifs is 3. The Kier molecular flexibility index (Phi) is 3.25. The predicted molar refractivity (Wildman–Crippen MR) is 94.9 cm³/mol. The molecule has 0 saturated heterocycles. The predicted octanol–water partition coefficient (Wildman–Crippen LogP) is 6.86. The van der Waals surface area contributed by atoms with Gasteiger partial charge in [-0.25, -0.2) is 8.78 Å². The van der Waals surface area contributed by atoms with E-state index in [0.29, 0.717) is 11.1 Å². The van der Waals surface area contributed by atoms with E-state index in [1.807, 2.05) is 30.3 Å². The summed E-state index contributed by atoms with van der Waals surface area (Å²) < 4.78 is 28.2. The quantitative estimate of drug-likeness (QED) is 0.358. The Labute approximate surface area is 134 Å². The van der Waals surface area contributed by atoms with Crippen LogP contribution in [-0.2, 0) is 0 Å². The van der Waals surface area contributed by atoms with E-state index in [0.717, 1.165) is 21.0 Å². The first-order valence-corrected chi connectivity index (χ1v) is 8.86. The lowest BCUT2D eigenvalue weighted by Gasteiger charge is -2.05. The highest BCUT2D eigenvalue weighted by Gasteiger charge is 2.16. The molecule has 0 atom stereocenters. The van der Waals surface area contributed by atoms with Crippen LogP contribution in [0.25, 0.3) is 26.3 Å². The Balaban J connectivity index is 2.25. The second kappa shape index (κ2) is 5.18. The van der Waals surface area contributed by atoms with Crippen LogP contribution in [-0.4, -0.2) is 0 Å². The number of hydrogen-bond donors (Lipinski definition) is 0. The van der Waals surface area contributed by atoms with Crippen molar-refractivity contribution in [2.24, 2.45) is 0 Å². The van der Waals surface area contributed by atoms with Gasteiger partial charge in [0.25, 0.3) is 0 Å². The molecule has 4 rings (SSSR count). The zero-order valence-electron chi connectivity index (χ0n) is 12.9. The molecule has 0 aliphatic carbocycles. The van der Waals surface area contributed by atoms with Crippen molar-refractivity contribution in [3.8, 4) is 5.30 Å². The number of benzene rings is 3. The van der Waals surface area contributed by atoms with Crippen LogP contribution in [0.5, 0.6) is 0 Å². The molecule has 0 spiro atoms. The van der Waals surface area contributed by atoms with Crippen molar-refractivity contribution in [1.29, 1.82) is 0 Å². The van der Waals surface area contributed by atoms with E-state index in [4.69, 9.17) is 0 Å². The molecule has 0 N–H and O–H groups in total. The molecule has 1 heterocycles. The van der Waals surface area contributed by atoms with Gasteiger partial charge < -0.3 is 0 Å². The van der Waals surface area contributed by atoms with Gasteiger partial charge in [-0.05, 0) is 65.3 Å². The third kappa shape index (κ3) is 2.17. The number of rotatable bonds is 1. The highest BCUT2D eigenvalue weighted by Crippen LogP contribution is 2.55. The average Bonchev–Trinajstić information content (AvgIpc) is 2.82. The number of aryl methyl sites for hydroxylation is 2. The lowest BCUT2D eigenvalue weighted by molar-refractivity contribution is 0.619. The minimum absolute atomic E-state index is 0.236. The van der Waals surface area contributed by atoms with Gasteiger partial charge in [0, 0.05) is 10.2 Å². The smallest absolute Gasteiger partial charge is 0.126 e. The third-order valence-corrected chi connectivity index (χ3v) is 6.86. The summed E-state index contributed by atoms with van der Waals surface area (Å²) in [4.78, 5) is 0. The lowest BCUT2D eigenvalue weighted by Crippen LogP contribution is -1.82. The van der Waals surface area contributed by atoms with Gasteiger partial charge in [-0.3, -0.25) is 0 Å². The SMILES string of the molecule is Cc1cc2c(cc1F)c1cc(F)c(C)cc1p2-c1ccccc1. The monoisotopic (exact) mass is 324 g/mol. The van der Waals surface area contributed by atoms with Crippen molar-refractivity contribution in [2.45, 2.75) is 13.8 Å². The highest BCUT2D eigenvalue weighted by molar-refractivity contribution is 7.67. The Morgan fingerprint density at radius 1 is 0.696 bits per heavy atom. The molecule has 0 amide bonds. The summed E-state index contributed by atoms with van der Waals surface area (Å²) in [6, 6.07) is 17.2. The van der Waals surface area contributed by atoms with Crippen molar-refractivity contribution in [2.75, 3.05) is 0 Å². The molecule has 0 aliphatic heterocycles. The summed E-state index contributed by atoms with van der Waals surface area (Å²) >= 11 is 0. The minimum Gasteiger partial charge on any atom is -0.207 e. The van der Waals surface area contributed by atoms with E-state index in [1.54, 1.807) is 26.0 Å². The first-order chi connectivity index (χ1) is 11.1. The van der Waals surface area contributed by atoms with E-state index in [2.05, 4.69) is 12.1 Å². The molecule has 0 fully saturated rings. The first-order valence-electron chi connectivity index (χ1n) is 7.52. The fourth-order valence-corrected chi connectivity index (χ4v) is 5.90. The van der Waals surface area contributed by atoms with Gasteiger partial charge in [-0.15, -0.1) is 0 Å². The zero-order valence-corrected chi connectivity index (χ0v) is 13.8. The number of halogens is 2. The molecule has 23 heavy (non-hydrogen) atoms. The standard InChI is InChI=1S/C20H15F2P/c1-12-8-19-15(10-17(12)21)16-11-18(22)13(2)9-20(16)23(19)14-6-4-3-5-7-14/h3-11H,1-2H3. The van der Waals surface area contributed by atoms with Gasteiger partial charge >= 0.3 is 0 Å². The Hall–Kier alpha value is -2.18.